The molecule has 2 N–H and O–H groups in total. The second kappa shape index (κ2) is 7.51. The minimum atomic E-state index is -0.297. The Labute approximate surface area is 138 Å². The molecule has 3 atom stereocenters. The number of carbonyl (C=O) groups is 2. The first-order valence-electron chi connectivity index (χ1n) is 9.06. The lowest BCUT2D eigenvalue weighted by Gasteiger charge is -2.36. The van der Waals surface area contributed by atoms with Crippen molar-refractivity contribution in [2.45, 2.75) is 69.5 Å². The van der Waals surface area contributed by atoms with Crippen molar-refractivity contribution >= 4 is 11.9 Å². The lowest BCUT2D eigenvalue weighted by Crippen LogP contribution is -2.57. The fraction of sp³-hybridized carbons (Fsp3) is 0.882. The molecule has 0 radical (unpaired) electrons. The molecule has 3 fully saturated rings. The maximum atomic E-state index is 12.8. The van der Waals surface area contributed by atoms with Gasteiger partial charge in [-0.3, -0.25) is 4.79 Å². The first kappa shape index (κ1) is 16.6. The number of rotatable bonds is 5. The number of fused-ring (bicyclic) bond motifs is 2. The lowest BCUT2D eigenvalue weighted by molar-refractivity contribution is -0.127. The van der Waals surface area contributed by atoms with E-state index in [-0.39, 0.29) is 30.1 Å². The quantitative estimate of drug-likeness (QED) is 0.756. The second-order valence-corrected chi connectivity index (χ2v) is 7.15. The number of likely N-dealkylation sites (tertiary alicyclic amines) is 1. The van der Waals surface area contributed by atoms with Gasteiger partial charge in [0.1, 0.15) is 6.04 Å². The van der Waals surface area contributed by atoms with Crippen LogP contribution >= 0.6 is 0 Å². The molecule has 2 bridgehead atoms. The number of carbonyl (C=O) groups excluding carboxylic acids is 2. The molecule has 6 heteroatoms. The number of urea groups is 1. The van der Waals surface area contributed by atoms with Crippen LogP contribution < -0.4 is 10.6 Å². The second-order valence-electron chi connectivity index (χ2n) is 7.15. The average molecular weight is 323 g/mol. The van der Waals surface area contributed by atoms with Gasteiger partial charge in [-0.05, 0) is 38.0 Å². The molecule has 0 spiro atoms. The topological polar surface area (TPSA) is 70.7 Å². The fourth-order valence-corrected chi connectivity index (χ4v) is 4.49. The first-order chi connectivity index (χ1) is 11.2. The zero-order valence-corrected chi connectivity index (χ0v) is 14.1. The van der Waals surface area contributed by atoms with Crippen LogP contribution in [0.1, 0.15) is 51.4 Å². The number of methoxy groups -OCH3 is 1. The van der Waals surface area contributed by atoms with Gasteiger partial charge in [-0.1, -0.05) is 19.3 Å². The molecule has 1 aliphatic heterocycles. The molecule has 0 aromatic carbocycles. The van der Waals surface area contributed by atoms with Gasteiger partial charge >= 0.3 is 6.03 Å². The summed E-state index contributed by atoms with van der Waals surface area (Å²) >= 11 is 0. The largest absolute Gasteiger partial charge is 0.383 e. The van der Waals surface area contributed by atoms with Crippen LogP contribution in [0, 0.1) is 5.92 Å². The number of hydrogen-bond acceptors (Lipinski definition) is 3. The van der Waals surface area contributed by atoms with E-state index in [1.165, 1.54) is 19.3 Å². The summed E-state index contributed by atoms with van der Waals surface area (Å²) in [5, 5.41) is 6.09. The molecule has 1 saturated heterocycles. The molecule has 0 unspecified atom stereocenters. The van der Waals surface area contributed by atoms with E-state index >= 15 is 0 Å². The molecule has 130 valence electrons. The normalized spacial score (nSPS) is 30.5. The predicted octanol–water partition coefficient (Wildman–Crippen LogP) is 1.64. The number of nitrogens with zero attached hydrogens (tertiary/aromatic N) is 1. The molecule has 2 aliphatic carbocycles. The Bertz CT molecular complexity index is 437. The molecule has 1 heterocycles. The van der Waals surface area contributed by atoms with E-state index in [9.17, 15) is 9.59 Å². The smallest absolute Gasteiger partial charge is 0.318 e. The Kier molecular flexibility index (Phi) is 5.41. The van der Waals surface area contributed by atoms with E-state index in [1.54, 1.807) is 7.11 Å². The lowest BCUT2D eigenvalue weighted by atomic mass is 9.95. The zero-order chi connectivity index (χ0) is 16.2. The molecule has 0 aromatic rings. The van der Waals surface area contributed by atoms with Crippen LogP contribution in [0.15, 0.2) is 0 Å². The highest BCUT2D eigenvalue weighted by Crippen LogP contribution is 2.42. The van der Waals surface area contributed by atoms with Gasteiger partial charge in [-0.25, -0.2) is 4.79 Å². The summed E-state index contributed by atoms with van der Waals surface area (Å²) in [5.74, 6) is 0.299. The number of hydrogen-bond donors (Lipinski definition) is 2. The third kappa shape index (κ3) is 3.62. The van der Waals surface area contributed by atoms with Crippen molar-refractivity contribution in [2.75, 3.05) is 20.3 Å². The maximum Gasteiger partial charge on any atom is 0.318 e. The summed E-state index contributed by atoms with van der Waals surface area (Å²) in [6, 6.07) is 0.194. The number of nitrogens with one attached hydrogen (secondary N) is 2. The van der Waals surface area contributed by atoms with Crippen molar-refractivity contribution in [2.24, 2.45) is 5.92 Å². The maximum absolute atomic E-state index is 12.8. The van der Waals surface area contributed by atoms with Crippen molar-refractivity contribution in [3.8, 4) is 0 Å². The van der Waals surface area contributed by atoms with E-state index in [0.29, 0.717) is 19.1 Å². The third-order valence-electron chi connectivity index (χ3n) is 5.63. The van der Waals surface area contributed by atoms with Gasteiger partial charge < -0.3 is 20.3 Å². The van der Waals surface area contributed by atoms with Crippen LogP contribution in [0.25, 0.3) is 0 Å². The molecule has 6 nitrogen and oxygen atoms in total. The summed E-state index contributed by atoms with van der Waals surface area (Å²) < 4.78 is 4.98. The van der Waals surface area contributed by atoms with E-state index in [4.69, 9.17) is 4.74 Å². The van der Waals surface area contributed by atoms with E-state index in [0.717, 1.165) is 32.1 Å². The summed E-state index contributed by atoms with van der Waals surface area (Å²) in [7, 11) is 1.62. The van der Waals surface area contributed by atoms with Gasteiger partial charge in [-0.15, -0.1) is 0 Å². The Hall–Kier alpha value is -1.30. The third-order valence-corrected chi connectivity index (χ3v) is 5.63. The standard InChI is InChI=1S/C17H29N3O3/c1-23-10-9-18-16(21)15-12-7-8-14(11-12)20(15)17(22)19-13-5-3-2-4-6-13/h12-15H,2-11H2,1H3,(H,18,21)(H,19,22)/t12-,14-,15-/m0/s1. The number of piperidine rings is 1. The van der Waals surface area contributed by atoms with Gasteiger partial charge in [0.15, 0.2) is 0 Å². The van der Waals surface area contributed by atoms with Crippen molar-refractivity contribution in [1.82, 2.24) is 15.5 Å². The Morgan fingerprint density at radius 2 is 1.91 bits per heavy atom. The van der Waals surface area contributed by atoms with Crippen molar-refractivity contribution < 1.29 is 14.3 Å². The van der Waals surface area contributed by atoms with Crippen LogP contribution in [0.4, 0.5) is 4.79 Å². The SMILES string of the molecule is COCCNC(=O)[C@@H]1[C@H]2CC[C@@H](C2)N1C(=O)NC1CCCCC1. The Morgan fingerprint density at radius 3 is 2.65 bits per heavy atom. The van der Waals surface area contributed by atoms with Gasteiger partial charge in [0.25, 0.3) is 0 Å². The predicted molar refractivity (Wildman–Crippen MR) is 87.0 cm³/mol. The van der Waals surface area contributed by atoms with Gasteiger partial charge in [0.2, 0.25) is 5.91 Å². The zero-order valence-electron chi connectivity index (χ0n) is 14.1. The van der Waals surface area contributed by atoms with Crippen LogP contribution in [-0.4, -0.2) is 55.2 Å². The minimum Gasteiger partial charge on any atom is -0.383 e. The van der Waals surface area contributed by atoms with E-state index in [1.807, 2.05) is 4.90 Å². The Balaban J connectivity index is 1.60. The monoisotopic (exact) mass is 323 g/mol. The first-order valence-corrected chi connectivity index (χ1v) is 9.06. The van der Waals surface area contributed by atoms with Crippen LogP contribution in [0.3, 0.4) is 0 Å². The van der Waals surface area contributed by atoms with Gasteiger partial charge in [0, 0.05) is 25.7 Å². The molecule has 3 rings (SSSR count). The van der Waals surface area contributed by atoms with Crippen molar-refractivity contribution in [3.05, 3.63) is 0 Å². The fourth-order valence-electron chi connectivity index (χ4n) is 4.49. The molecule has 23 heavy (non-hydrogen) atoms. The van der Waals surface area contributed by atoms with Crippen LogP contribution in [-0.2, 0) is 9.53 Å². The highest BCUT2D eigenvalue weighted by molar-refractivity contribution is 5.88. The van der Waals surface area contributed by atoms with Crippen LogP contribution in [0.2, 0.25) is 0 Å². The highest BCUT2D eigenvalue weighted by atomic mass is 16.5. The summed E-state index contributed by atoms with van der Waals surface area (Å²) in [6.07, 6.45) is 8.85. The van der Waals surface area contributed by atoms with Crippen molar-refractivity contribution in [3.63, 3.8) is 0 Å². The molecular formula is C17H29N3O3. The molecule has 3 aliphatic rings. The van der Waals surface area contributed by atoms with E-state index in [2.05, 4.69) is 10.6 Å². The van der Waals surface area contributed by atoms with Gasteiger partial charge in [-0.2, -0.15) is 0 Å². The van der Waals surface area contributed by atoms with Gasteiger partial charge in [0.05, 0.1) is 6.61 Å². The number of amides is 3. The van der Waals surface area contributed by atoms with Crippen LogP contribution in [0.5, 0.6) is 0 Å². The summed E-state index contributed by atoms with van der Waals surface area (Å²) in [6.45, 7) is 1.00. The molecule has 2 saturated carbocycles. The highest BCUT2D eigenvalue weighted by Gasteiger charge is 2.51. The minimum absolute atomic E-state index is 0.0203. The molecule has 3 amide bonds. The number of ether oxygens (including phenoxy) is 1. The average Bonchev–Trinajstić information content (AvgIpc) is 3.17. The molecule has 0 aromatic heterocycles. The molecular weight excluding hydrogens is 294 g/mol. The van der Waals surface area contributed by atoms with E-state index < -0.39 is 0 Å². The summed E-state index contributed by atoms with van der Waals surface area (Å²) in [4.78, 5) is 27.1. The Morgan fingerprint density at radius 1 is 1.13 bits per heavy atom. The van der Waals surface area contributed by atoms with Crippen molar-refractivity contribution in [1.29, 1.82) is 0 Å². The summed E-state index contributed by atoms with van der Waals surface area (Å²) in [5.41, 5.74) is 0.